The molecule has 6 nitrogen and oxygen atoms in total. The summed E-state index contributed by atoms with van der Waals surface area (Å²) in [7, 11) is 0. The van der Waals surface area contributed by atoms with E-state index in [0.717, 1.165) is 35.2 Å². The monoisotopic (exact) mass is 670 g/mol. The molecule has 0 spiro atoms. The van der Waals surface area contributed by atoms with E-state index in [0.29, 0.717) is 11.9 Å². The fraction of sp³-hybridized carbons (Fsp3) is 0.267. The largest absolute Gasteiger partial charge is 0.380 e. The molecule has 6 aromatic rings. The van der Waals surface area contributed by atoms with Crippen LogP contribution in [-0.2, 0) is 10.8 Å². The van der Waals surface area contributed by atoms with Crippen molar-refractivity contribution in [3.8, 4) is 11.1 Å². The second kappa shape index (κ2) is 12.7. The van der Waals surface area contributed by atoms with Gasteiger partial charge in [0, 0.05) is 28.0 Å². The molecule has 0 aliphatic heterocycles. The standard InChI is InChI=1S/C45H46N6/c1-6-43(2,3)40-48-41(46-33-14-8-7-9-15-33)50-42(49-40)47-34-26-22-31(23-27-34)45(32-24-28-35(29-25-32)51-44(4,5)30-20-21-30)38-18-12-10-16-36(38)37-17-11-13-19-39(37)45/h7-19,22-30,51H,6,20-21H2,1-5H3,(H2,46,47,48,49,50). The average Bonchev–Trinajstić information content (AvgIpc) is 3.97. The summed E-state index contributed by atoms with van der Waals surface area (Å²) in [5.41, 5.74) is 9.99. The van der Waals surface area contributed by atoms with Crippen molar-refractivity contribution in [1.29, 1.82) is 0 Å². The van der Waals surface area contributed by atoms with E-state index in [2.05, 4.69) is 148 Å². The summed E-state index contributed by atoms with van der Waals surface area (Å²) in [5.74, 6) is 2.51. The van der Waals surface area contributed by atoms with E-state index in [1.165, 1.54) is 46.2 Å². The van der Waals surface area contributed by atoms with Gasteiger partial charge in [-0.1, -0.05) is 112 Å². The van der Waals surface area contributed by atoms with E-state index in [1.807, 2.05) is 30.3 Å². The molecule has 5 aromatic carbocycles. The van der Waals surface area contributed by atoms with Gasteiger partial charge in [0.05, 0.1) is 5.41 Å². The van der Waals surface area contributed by atoms with Gasteiger partial charge in [-0.25, -0.2) is 0 Å². The summed E-state index contributed by atoms with van der Waals surface area (Å²) in [5, 5.41) is 10.7. The molecule has 0 saturated heterocycles. The predicted octanol–water partition coefficient (Wildman–Crippen LogP) is 11.0. The van der Waals surface area contributed by atoms with Gasteiger partial charge in [-0.3, -0.25) is 0 Å². The minimum atomic E-state index is -0.478. The Morgan fingerprint density at radius 3 is 1.55 bits per heavy atom. The number of para-hydroxylation sites is 1. The number of nitrogens with zero attached hydrogens (tertiary/aromatic N) is 3. The summed E-state index contributed by atoms with van der Waals surface area (Å²) in [6.07, 6.45) is 3.50. The normalized spacial score (nSPS) is 14.8. The first-order chi connectivity index (χ1) is 24.7. The molecule has 2 aliphatic rings. The van der Waals surface area contributed by atoms with Crippen molar-refractivity contribution >= 4 is 29.0 Å². The molecule has 0 bridgehead atoms. The lowest BCUT2D eigenvalue weighted by Crippen LogP contribution is -2.33. The van der Waals surface area contributed by atoms with Crippen molar-refractivity contribution < 1.29 is 0 Å². The summed E-state index contributed by atoms with van der Waals surface area (Å²) in [6, 6.07) is 45.7. The number of anilines is 5. The van der Waals surface area contributed by atoms with E-state index >= 15 is 0 Å². The van der Waals surface area contributed by atoms with Gasteiger partial charge in [0.1, 0.15) is 5.82 Å². The summed E-state index contributed by atoms with van der Waals surface area (Å²) in [6.45, 7) is 11.1. The maximum absolute atomic E-state index is 4.90. The fourth-order valence-corrected chi connectivity index (χ4v) is 7.64. The van der Waals surface area contributed by atoms with Crippen molar-refractivity contribution in [3.05, 3.63) is 155 Å². The summed E-state index contributed by atoms with van der Waals surface area (Å²) >= 11 is 0. The van der Waals surface area contributed by atoms with Crippen LogP contribution in [0.4, 0.5) is 29.0 Å². The van der Waals surface area contributed by atoms with Gasteiger partial charge < -0.3 is 16.0 Å². The molecule has 256 valence electrons. The highest BCUT2D eigenvalue weighted by molar-refractivity contribution is 5.86. The minimum Gasteiger partial charge on any atom is -0.380 e. The van der Waals surface area contributed by atoms with E-state index < -0.39 is 5.41 Å². The number of aromatic nitrogens is 3. The van der Waals surface area contributed by atoms with Crippen LogP contribution in [0.15, 0.2) is 127 Å². The van der Waals surface area contributed by atoms with E-state index in [9.17, 15) is 0 Å². The van der Waals surface area contributed by atoms with Gasteiger partial charge in [-0.05, 0) is 109 Å². The first-order valence-electron chi connectivity index (χ1n) is 18.2. The average molecular weight is 671 g/mol. The van der Waals surface area contributed by atoms with Crippen LogP contribution in [0.5, 0.6) is 0 Å². The molecular formula is C45H46N6. The zero-order chi connectivity index (χ0) is 35.2. The van der Waals surface area contributed by atoms with Crippen LogP contribution in [0.2, 0.25) is 0 Å². The Kier molecular flexibility index (Phi) is 8.13. The molecule has 51 heavy (non-hydrogen) atoms. The van der Waals surface area contributed by atoms with Crippen molar-refractivity contribution in [3.63, 3.8) is 0 Å². The quantitative estimate of drug-likeness (QED) is 0.127. The number of hydrogen-bond donors (Lipinski definition) is 3. The lowest BCUT2D eigenvalue weighted by Gasteiger charge is -2.34. The number of hydrogen-bond acceptors (Lipinski definition) is 6. The molecule has 0 atom stereocenters. The maximum Gasteiger partial charge on any atom is 0.232 e. The van der Waals surface area contributed by atoms with E-state index in [1.54, 1.807) is 0 Å². The lowest BCUT2D eigenvalue weighted by molar-refractivity contribution is 0.472. The Hall–Kier alpha value is -5.49. The van der Waals surface area contributed by atoms with Crippen LogP contribution in [0.25, 0.3) is 11.1 Å². The molecule has 1 fully saturated rings. The second-order valence-corrected chi connectivity index (χ2v) is 15.3. The van der Waals surface area contributed by atoms with Crippen molar-refractivity contribution in [1.82, 2.24) is 15.0 Å². The van der Waals surface area contributed by atoms with Crippen LogP contribution >= 0.6 is 0 Å². The molecule has 0 radical (unpaired) electrons. The van der Waals surface area contributed by atoms with Crippen molar-refractivity contribution in [2.75, 3.05) is 16.0 Å². The van der Waals surface area contributed by atoms with Crippen molar-refractivity contribution in [2.45, 2.75) is 70.3 Å². The van der Waals surface area contributed by atoms with Crippen LogP contribution in [0.1, 0.15) is 82.0 Å². The topological polar surface area (TPSA) is 74.8 Å². The van der Waals surface area contributed by atoms with Crippen LogP contribution in [0.3, 0.4) is 0 Å². The highest BCUT2D eigenvalue weighted by Crippen LogP contribution is 2.56. The third-order valence-electron chi connectivity index (χ3n) is 11.1. The van der Waals surface area contributed by atoms with Gasteiger partial charge in [0.15, 0.2) is 0 Å². The third-order valence-corrected chi connectivity index (χ3v) is 11.1. The Morgan fingerprint density at radius 1 is 0.569 bits per heavy atom. The summed E-state index contributed by atoms with van der Waals surface area (Å²) < 4.78 is 0. The Balaban J connectivity index is 1.18. The van der Waals surface area contributed by atoms with Gasteiger partial charge in [0.2, 0.25) is 11.9 Å². The zero-order valence-electron chi connectivity index (χ0n) is 30.2. The lowest BCUT2D eigenvalue weighted by atomic mass is 9.67. The maximum atomic E-state index is 4.90. The highest BCUT2D eigenvalue weighted by Gasteiger charge is 2.46. The molecule has 0 amide bonds. The van der Waals surface area contributed by atoms with Gasteiger partial charge in [-0.2, -0.15) is 15.0 Å². The Morgan fingerprint density at radius 2 is 1.04 bits per heavy atom. The number of rotatable bonds is 11. The molecule has 3 N–H and O–H groups in total. The van der Waals surface area contributed by atoms with Gasteiger partial charge >= 0.3 is 0 Å². The SMILES string of the molecule is CCC(C)(C)c1nc(Nc2ccccc2)nc(Nc2ccc(C3(c4ccc(NC(C)(C)C5CC5)cc4)c4ccccc4-c4ccccc43)cc2)n1. The molecule has 6 heteroatoms. The third kappa shape index (κ3) is 6.03. The fourth-order valence-electron chi connectivity index (χ4n) is 7.64. The summed E-state index contributed by atoms with van der Waals surface area (Å²) in [4.78, 5) is 14.5. The molecular weight excluding hydrogens is 625 g/mol. The smallest absolute Gasteiger partial charge is 0.232 e. The Labute approximate surface area is 301 Å². The molecule has 8 rings (SSSR count). The van der Waals surface area contributed by atoms with Crippen molar-refractivity contribution in [2.24, 2.45) is 5.92 Å². The first-order valence-corrected chi connectivity index (χ1v) is 18.2. The van der Waals surface area contributed by atoms with E-state index in [4.69, 9.17) is 15.0 Å². The van der Waals surface area contributed by atoms with Crippen LogP contribution in [0, 0.1) is 5.92 Å². The zero-order valence-corrected chi connectivity index (χ0v) is 30.2. The van der Waals surface area contributed by atoms with Crippen LogP contribution in [-0.4, -0.2) is 20.5 Å². The molecule has 2 aliphatic carbocycles. The molecule has 0 unspecified atom stereocenters. The van der Waals surface area contributed by atoms with E-state index in [-0.39, 0.29) is 11.0 Å². The number of benzene rings is 5. The van der Waals surface area contributed by atoms with Gasteiger partial charge in [0.25, 0.3) is 0 Å². The first kappa shape index (κ1) is 32.7. The highest BCUT2D eigenvalue weighted by atomic mass is 15.2. The molecule has 1 heterocycles. The second-order valence-electron chi connectivity index (χ2n) is 15.3. The number of nitrogens with one attached hydrogen (secondary N) is 3. The predicted molar refractivity (Wildman–Crippen MR) is 210 cm³/mol. The van der Waals surface area contributed by atoms with Crippen LogP contribution < -0.4 is 16.0 Å². The minimum absolute atomic E-state index is 0.0819. The van der Waals surface area contributed by atoms with Gasteiger partial charge in [-0.15, -0.1) is 0 Å². The Bertz CT molecular complexity index is 2120. The molecule has 1 aromatic heterocycles. The number of fused-ring (bicyclic) bond motifs is 3. The molecule has 1 saturated carbocycles.